The molecule has 1 fully saturated rings. The van der Waals surface area contributed by atoms with Crippen LogP contribution in [0, 0.1) is 0 Å². The Balaban J connectivity index is 1.68. The van der Waals surface area contributed by atoms with Gasteiger partial charge in [-0.2, -0.15) is 0 Å². The molecule has 184 valence electrons. The molecule has 1 aromatic carbocycles. The van der Waals surface area contributed by atoms with Crippen LogP contribution in [0.1, 0.15) is 38.6 Å². The molecular formula is C23H24BrN5O5S. The minimum Gasteiger partial charge on any atom is -0.465 e. The lowest BCUT2D eigenvalue weighted by molar-refractivity contribution is 0.158. The van der Waals surface area contributed by atoms with Crippen molar-refractivity contribution in [1.29, 1.82) is 0 Å². The van der Waals surface area contributed by atoms with Crippen molar-refractivity contribution in [3.05, 3.63) is 57.7 Å². The first-order valence-electron chi connectivity index (χ1n) is 11.1. The summed E-state index contributed by atoms with van der Waals surface area (Å²) in [5.74, 6) is 0. The summed E-state index contributed by atoms with van der Waals surface area (Å²) in [6, 6.07) is 7.94. The van der Waals surface area contributed by atoms with Gasteiger partial charge >= 0.3 is 11.8 Å². The summed E-state index contributed by atoms with van der Waals surface area (Å²) in [6.45, 7) is 1.87. The number of imidazole rings is 1. The third-order valence-corrected chi connectivity index (χ3v) is 9.18. The van der Waals surface area contributed by atoms with Crippen molar-refractivity contribution in [3.63, 3.8) is 0 Å². The average Bonchev–Trinajstić information content (AvgIpc) is 3.29. The maximum absolute atomic E-state index is 13.4. The summed E-state index contributed by atoms with van der Waals surface area (Å²) < 4.78 is 31.7. The summed E-state index contributed by atoms with van der Waals surface area (Å²) in [5.41, 5.74) is 0.646. The lowest BCUT2D eigenvalue weighted by Gasteiger charge is -2.37. The van der Waals surface area contributed by atoms with Crippen LogP contribution in [-0.2, 0) is 17.1 Å². The van der Waals surface area contributed by atoms with Gasteiger partial charge in [0.05, 0.1) is 27.5 Å². The average molecular weight is 562 g/mol. The summed E-state index contributed by atoms with van der Waals surface area (Å²) >= 11 is 3.52. The van der Waals surface area contributed by atoms with E-state index in [1.807, 2.05) is 6.92 Å². The van der Waals surface area contributed by atoms with Gasteiger partial charge in [-0.1, -0.05) is 18.2 Å². The summed E-state index contributed by atoms with van der Waals surface area (Å²) in [4.78, 5) is 29.1. The number of rotatable bonds is 4. The van der Waals surface area contributed by atoms with Gasteiger partial charge in [-0.3, -0.25) is 9.13 Å². The molecule has 1 amide bonds. The van der Waals surface area contributed by atoms with E-state index in [0.29, 0.717) is 46.6 Å². The first-order valence-corrected chi connectivity index (χ1v) is 13.3. The number of fused-ring (bicyclic) bond motifs is 3. The zero-order valence-electron chi connectivity index (χ0n) is 19.1. The van der Waals surface area contributed by atoms with E-state index in [0.717, 1.165) is 3.97 Å². The smallest absolute Gasteiger partial charge is 0.405 e. The third kappa shape index (κ3) is 3.75. The van der Waals surface area contributed by atoms with Gasteiger partial charge in [-0.25, -0.2) is 27.0 Å². The molecule has 0 spiro atoms. The van der Waals surface area contributed by atoms with Gasteiger partial charge in [0.2, 0.25) is 0 Å². The van der Waals surface area contributed by atoms with Crippen LogP contribution in [0.3, 0.4) is 0 Å². The standard InChI is InChI=1S/C23H24BrN5O5S/c1-23(26-21(30)31)10-8-14(9-11-23)29-19-17(27(2)22(29)32)12-25-20-18(19)16(24)13-28(20)35(33,34)15-6-4-3-5-7-15/h3-7,12-14,26H,8-11H2,1-2H3,(H,30,31)/t14-,23+. The SMILES string of the molecule is Cn1c(=O)n([C@H]2CC[C@@](C)(NC(=O)O)CC2)c2c3c(Br)cn(S(=O)(=O)c4ccccc4)c3ncc21. The monoisotopic (exact) mass is 561 g/mol. The molecule has 3 aromatic heterocycles. The lowest BCUT2D eigenvalue weighted by Crippen LogP contribution is -2.48. The van der Waals surface area contributed by atoms with Crippen LogP contribution < -0.4 is 11.0 Å². The Hall–Kier alpha value is -3.12. The van der Waals surface area contributed by atoms with Crippen LogP contribution in [0.5, 0.6) is 0 Å². The number of aromatic nitrogens is 4. The van der Waals surface area contributed by atoms with Gasteiger partial charge in [0.1, 0.15) is 0 Å². The fourth-order valence-electron chi connectivity index (χ4n) is 5.06. The van der Waals surface area contributed by atoms with Crippen molar-refractivity contribution in [2.45, 2.75) is 49.1 Å². The van der Waals surface area contributed by atoms with E-state index in [-0.39, 0.29) is 22.3 Å². The van der Waals surface area contributed by atoms with E-state index in [1.54, 1.807) is 29.8 Å². The van der Waals surface area contributed by atoms with Crippen molar-refractivity contribution in [2.24, 2.45) is 7.05 Å². The highest BCUT2D eigenvalue weighted by Crippen LogP contribution is 2.39. The molecule has 0 radical (unpaired) electrons. The van der Waals surface area contributed by atoms with E-state index < -0.39 is 21.7 Å². The number of carboxylic acid groups (broad SMARTS) is 1. The summed E-state index contributed by atoms with van der Waals surface area (Å²) in [6.07, 6.45) is 4.27. The van der Waals surface area contributed by atoms with Crippen LogP contribution in [0.4, 0.5) is 4.79 Å². The molecule has 2 N–H and O–H groups in total. The van der Waals surface area contributed by atoms with Crippen LogP contribution in [0.15, 0.2) is 56.9 Å². The van der Waals surface area contributed by atoms with Gasteiger partial charge in [0, 0.05) is 29.3 Å². The van der Waals surface area contributed by atoms with Crippen molar-refractivity contribution in [3.8, 4) is 0 Å². The molecule has 4 aromatic rings. The van der Waals surface area contributed by atoms with Crippen LogP contribution >= 0.6 is 15.9 Å². The number of carbonyl (C=O) groups is 1. The largest absolute Gasteiger partial charge is 0.465 e. The van der Waals surface area contributed by atoms with Gasteiger partial charge in [0.15, 0.2) is 5.65 Å². The predicted molar refractivity (Wildman–Crippen MR) is 134 cm³/mol. The minimum absolute atomic E-state index is 0.134. The summed E-state index contributed by atoms with van der Waals surface area (Å²) in [7, 11) is -2.25. The number of hydrogen-bond donors (Lipinski definition) is 2. The molecule has 3 heterocycles. The zero-order chi connectivity index (χ0) is 25.1. The Labute approximate surface area is 209 Å². The first-order chi connectivity index (χ1) is 16.5. The zero-order valence-corrected chi connectivity index (χ0v) is 21.5. The van der Waals surface area contributed by atoms with Crippen LogP contribution in [-0.4, -0.2) is 43.2 Å². The second kappa shape index (κ2) is 8.23. The number of amides is 1. The molecule has 5 rings (SSSR count). The number of pyridine rings is 1. The Bertz CT molecular complexity index is 1630. The number of hydrogen-bond acceptors (Lipinski definition) is 5. The minimum atomic E-state index is -3.92. The number of aryl methyl sites for hydroxylation is 1. The molecule has 0 unspecified atom stereocenters. The van der Waals surface area contributed by atoms with Crippen molar-refractivity contribution >= 4 is 54.1 Å². The fraction of sp³-hybridized carbons (Fsp3) is 0.348. The quantitative estimate of drug-likeness (QED) is 0.389. The van der Waals surface area contributed by atoms with Crippen molar-refractivity contribution in [1.82, 2.24) is 23.4 Å². The first kappa shape index (κ1) is 23.6. The number of benzene rings is 1. The van der Waals surface area contributed by atoms with E-state index in [2.05, 4.69) is 26.2 Å². The Morgan fingerprint density at radius 2 is 1.89 bits per heavy atom. The van der Waals surface area contributed by atoms with Gasteiger partial charge in [0.25, 0.3) is 10.0 Å². The highest BCUT2D eigenvalue weighted by Gasteiger charge is 2.35. The number of halogens is 1. The van der Waals surface area contributed by atoms with Gasteiger partial charge in [-0.15, -0.1) is 0 Å². The summed E-state index contributed by atoms with van der Waals surface area (Å²) in [5, 5.41) is 12.3. The molecule has 12 heteroatoms. The third-order valence-electron chi connectivity index (χ3n) is 6.92. The molecule has 0 atom stereocenters. The Kier molecular flexibility index (Phi) is 5.55. The normalized spacial score (nSPS) is 20.9. The second-order valence-electron chi connectivity index (χ2n) is 9.22. The predicted octanol–water partition coefficient (Wildman–Crippen LogP) is 3.83. The topological polar surface area (TPSA) is 128 Å². The molecule has 1 aliphatic carbocycles. The molecule has 35 heavy (non-hydrogen) atoms. The van der Waals surface area contributed by atoms with Crippen LogP contribution in [0.25, 0.3) is 22.1 Å². The highest BCUT2D eigenvalue weighted by atomic mass is 79.9. The fourth-order valence-corrected chi connectivity index (χ4v) is 7.10. The van der Waals surface area contributed by atoms with E-state index in [9.17, 15) is 18.0 Å². The molecule has 1 aliphatic rings. The molecule has 0 aliphatic heterocycles. The van der Waals surface area contributed by atoms with Crippen molar-refractivity contribution in [2.75, 3.05) is 0 Å². The highest BCUT2D eigenvalue weighted by molar-refractivity contribution is 9.10. The number of nitrogens with one attached hydrogen (secondary N) is 1. The van der Waals surface area contributed by atoms with Gasteiger partial charge < -0.3 is 10.4 Å². The van der Waals surface area contributed by atoms with E-state index in [4.69, 9.17) is 5.11 Å². The van der Waals surface area contributed by atoms with Gasteiger partial charge in [-0.05, 0) is 60.7 Å². The molecule has 0 saturated heterocycles. The maximum atomic E-state index is 13.4. The Morgan fingerprint density at radius 1 is 1.23 bits per heavy atom. The van der Waals surface area contributed by atoms with E-state index >= 15 is 0 Å². The molecule has 1 saturated carbocycles. The maximum Gasteiger partial charge on any atom is 0.405 e. The van der Waals surface area contributed by atoms with E-state index in [1.165, 1.54) is 29.1 Å². The lowest BCUT2D eigenvalue weighted by atomic mass is 9.80. The molecular weight excluding hydrogens is 538 g/mol. The second-order valence-corrected chi connectivity index (χ2v) is 11.9. The van der Waals surface area contributed by atoms with Crippen molar-refractivity contribution < 1.29 is 18.3 Å². The molecule has 10 nitrogen and oxygen atoms in total. The molecule has 0 bridgehead atoms. The number of nitrogens with zero attached hydrogens (tertiary/aromatic N) is 4. The Morgan fingerprint density at radius 3 is 2.51 bits per heavy atom. The van der Waals surface area contributed by atoms with Crippen LogP contribution in [0.2, 0.25) is 0 Å².